The average molecular weight is 468 g/mol. The first-order valence-corrected chi connectivity index (χ1v) is 12.5. The number of likely N-dealkylation sites (tertiary alicyclic amines) is 1. The van der Waals surface area contributed by atoms with Crippen LogP contribution in [0.15, 0.2) is 60.1 Å². The smallest absolute Gasteiger partial charge is 0.234 e. The number of thiazole rings is 1. The standard InChI is InChI=1S/C20H19Cl2N3O2S2/c1-29(26,27)25(20-23-10-11-28-20)18-12-24(13-18)19(14-2-6-16(21)7-3-14)15-4-8-17(22)9-5-15/h2-11,18-19H,12-13H2,1H3. The third-order valence-corrected chi connectivity index (χ3v) is 7.50. The zero-order valence-electron chi connectivity index (χ0n) is 15.6. The molecule has 29 heavy (non-hydrogen) atoms. The maximum Gasteiger partial charge on any atom is 0.234 e. The first kappa shape index (κ1) is 20.6. The summed E-state index contributed by atoms with van der Waals surface area (Å²) in [4.78, 5) is 6.46. The highest BCUT2D eigenvalue weighted by atomic mass is 35.5. The Morgan fingerprint density at radius 3 is 1.97 bits per heavy atom. The van der Waals surface area contributed by atoms with Crippen molar-refractivity contribution < 1.29 is 8.42 Å². The minimum absolute atomic E-state index is 0.0153. The molecule has 0 spiro atoms. The van der Waals surface area contributed by atoms with Crippen LogP contribution in [0.1, 0.15) is 17.2 Å². The van der Waals surface area contributed by atoms with Gasteiger partial charge in [-0.05, 0) is 35.4 Å². The molecule has 0 aliphatic carbocycles. The molecule has 5 nitrogen and oxygen atoms in total. The Hall–Kier alpha value is -1.64. The average Bonchev–Trinajstić information content (AvgIpc) is 3.15. The van der Waals surface area contributed by atoms with Crippen molar-refractivity contribution in [3.8, 4) is 0 Å². The Kier molecular flexibility index (Phi) is 5.86. The van der Waals surface area contributed by atoms with Gasteiger partial charge in [0.2, 0.25) is 10.0 Å². The SMILES string of the molecule is CS(=O)(=O)N(c1nccs1)C1CN(C(c2ccc(Cl)cc2)c2ccc(Cl)cc2)C1. The molecular formula is C20H19Cl2N3O2S2. The van der Waals surface area contributed by atoms with Gasteiger partial charge in [-0.1, -0.05) is 47.5 Å². The lowest BCUT2D eigenvalue weighted by molar-refractivity contribution is 0.116. The molecule has 0 bridgehead atoms. The number of sulfonamides is 1. The van der Waals surface area contributed by atoms with Gasteiger partial charge >= 0.3 is 0 Å². The van der Waals surface area contributed by atoms with Gasteiger partial charge < -0.3 is 0 Å². The summed E-state index contributed by atoms with van der Waals surface area (Å²) in [5, 5.41) is 3.65. The summed E-state index contributed by atoms with van der Waals surface area (Å²) in [5.41, 5.74) is 2.19. The maximum atomic E-state index is 12.4. The van der Waals surface area contributed by atoms with E-state index in [1.807, 2.05) is 48.5 Å². The second-order valence-corrected chi connectivity index (χ2v) is 10.6. The van der Waals surface area contributed by atoms with Crippen molar-refractivity contribution in [1.29, 1.82) is 0 Å². The molecule has 1 fully saturated rings. The van der Waals surface area contributed by atoms with Crippen LogP contribution < -0.4 is 4.31 Å². The maximum absolute atomic E-state index is 12.4. The molecule has 0 unspecified atom stereocenters. The van der Waals surface area contributed by atoms with Crippen LogP contribution in [-0.4, -0.2) is 43.7 Å². The van der Waals surface area contributed by atoms with Gasteiger partial charge in [0.25, 0.3) is 0 Å². The number of aromatic nitrogens is 1. The topological polar surface area (TPSA) is 53.5 Å². The molecule has 4 rings (SSSR count). The molecule has 2 heterocycles. The quantitative estimate of drug-likeness (QED) is 0.527. The first-order chi connectivity index (χ1) is 13.8. The molecule has 1 aromatic heterocycles. The molecule has 152 valence electrons. The molecule has 1 aliphatic rings. The van der Waals surface area contributed by atoms with Crippen LogP contribution in [-0.2, 0) is 10.0 Å². The molecule has 2 aromatic carbocycles. The zero-order chi connectivity index (χ0) is 20.6. The van der Waals surface area contributed by atoms with Crippen molar-refractivity contribution in [2.45, 2.75) is 12.1 Å². The number of nitrogens with zero attached hydrogens (tertiary/aromatic N) is 3. The van der Waals surface area contributed by atoms with Gasteiger partial charge in [0.05, 0.1) is 18.3 Å². The van der Waals surface area contributed by atoms with E-state index in [0.717, 1.165) is 11.1 Å². The summed E-state index contributed by atoms with van der Waals surface area (Å²) < 4.78 is 26.2. The van der Waals surface area contributed by atoms with Crippen LogP contribution in [0, 0.1) is 0 Å². The highest BCUT2D eigenvalue weighted by molar-refractivity contribution is 7.92. The second kappa shape index (κ2) is 8.24. The highest BCUT2D eigenvalue weighted by Gasteiger charge is 2.41. The summed E-state index contributed by atoms with van der Waals surface area (Å²) in [6, 6.07) is 15.3. The van der Waals surface area contributed by atoms with Gasteiger partial charge in [-0.3, -0.25) is 4.90 Å². The van der Waals surface area contributed by atoms with Crippen molar-refractivity contribution in [2.24, 2.45) is 0 Å². The Morgan fingerprint density at radius 1 is 1.03 bits per heavy atom. The lowest BCUT2D eigenvalue weighted by atomic mass is 9.93. The normalized spacial score (nSPS) is 15.4. The number of anilines is 1. The first-order valence-electron chi connectivity index (χ1n) is 8.97. The van der Waals surface area contributed by atoms with Crippen LogP contribution >= 0.6 is 34.5 Å². The lowest BCUT2D eigenvalue weighted by Gasteiger charge is -2.48. The van der Waals surface area contributed by atoms with Crippen molar-refractivity contribution >= 4 is 49.7 Å². The highest BCUT2D eigenvalue weighted by Crippen LogP contribution is 2.36. The van der Waals surface area contributed by atoms with Crippen LogP contribution in [0.4, 0.5) is 5.13 Å². The van der Waals surface area contributed by atoms with E-state index in [4.69, 9.17) is 23.2 Å². The third kappa shape index (κ3) is 4.44. The Balaban J connectivity index is 1.62. The van der Waals surface area contributed by atoms with Crippen molar-refractivity contribution in [3.05, 3.63) is 81.3 Å². The predicted molar refractivity (Wildman–Crippen MR) is 120 cm³/mol. The van der Waals surface area contributed by atoms with Crippen molar-refractivity contribution in [2.75, 3.05) is 23.7 Å². The summed E-state index contributed by atoms with van der Waals surface area (Å²) >= 11 is 13.5. The van der Waals surface area contributed by atoms with Gasteiger partial charge in [-0.25, -0.2) is 17.7 Å². The van der Waals surface area contributed by atoms with Gasteiger partial charge in [-0.15, -0.1) is 11.3 Å². The van der Waals surface area contributed by atoms with Crippen LogP contribution in [0.3, 0.4) is 0 Å². The van der Waals surface area contributed by atoms with Gasteiger partial charge in [0.1, 0.15) is 0 Å². The number of rotatable bonds is 6. The van der Waals surface area contributed by atoms with Gasteiger partial charge in [0.15, 0.2) is 5.13 Å². The molecule has 1 saturated heterocycles. The Bertz CT molecular complexity index is 1020. The Morgan fingerprint density at radius 2 is 1.55 bits per heavy atom. The van der Waals surface area contributed by atoms with Crippen LogP contribution in [0.2, 0.25) is 10.0 Å². The van der Waals surface area contributed by atoms with E-state index < -0.39 is 10.0 Å². The van der Waals surface area contributed by atoms with Crippen molar-refractivity contribution in [3.63, 3.8) is 0 Å². The van der Waals surface area contributed by atoms with Crippen LogP contribution in [0.5, 0.6) is 0 Å². The minimum Gasteiger partial charge on any atom is -0.288 e. The van der Waals surface area contributed by atoms with E-state index in [-0.39, 0.29) is 12.1 Å². The largest absolute Gasteiger partial charge is 0.288 e. The zero-order valence-corrected chi connectivity index (χ0v) is 18.7. The number of hydrogen-bond donors (Lipinski definition) is 0. The minimum atomic E-state index is -3.42. The lowest BCUT2D eigenvalue weighted by Crippen LogP contribution is -2.61. The van der Waals surface area contributed by atoms with Gasteiger partial charge in [0, 0.05) is 34.7 Å². The molecule has 0 radical (unpaired) electrons. The van der Waals surface area contributed by atoms with Crippen molar-refractivity contribution in [1.82, 2.24) is 9.88 Å². The molecule has 0 saturated carbocycles. The van der Waals surface area contributed by atoms with E-state index in [2.05, 4.69) is 9.88 Å². The van der Waals surface area contributed by atoms with E-state index in [0.29, 0.717) is 28.3 Å². The fourth-order valence-corrected chi connectivity index (χ4v) is 6.06. The third-order valence-electron chi connectivity index (χ3n) is 4.92. The summed E-state index contributed by atoms with van der Waals surface area (Å²) in [7, 11) is -3.42. The molecule has 3 aromatic rings. The number of halogens is 2. The molecule has 0 N–H and O–H groups in total. The van der Waals surface area contributed by atoms with E-state index in [1.54, 1.807) is 11.6 Å². The molecule has 0 amide bonds. The molecular weight excluding hydrogens is 449 g/mol. The summed E-state index contributed by atoms with van der Waals surface area (Å²) in [6.45, 7) is 1.20. The summed E-state index contributed by atoms with van der Waals surface area (Å²) in [6.07, 6.45) is 2.85. The van der Waals surface area contributed by atoms with E-state index in [1.165, 1.54) is 21.9 Å². The number of benzene rings is 2. The van der Waals surface area contributed by atoms with E-state index >= 15 is 0 Å². The summed E-state index contributed by atoms with van der Waals surface area (Å²) in [5.74, 6) is 0. The van der Waals surface area contributed by atoms with Gasteiger partial charge in [-0.2, -0.15) is 0 Å². The second-order valence-electron chi connectivity index (χ2n) is 6.99. The van der Waals surface area contributed by atoms with Crippen LogP contribution in [0.25, 0.3) is 0 Å². The predicted octanol–water partition coefficient (Wildman–Crippen LogP) is 4.69. The fraction of sp³-hybridized carbons (Fsp3) is 0.250. The van der Waals surface area contributed by atoms with E-state index in [9.17, 15) is 8.42 Å². The molecule has 9 heteroatoms. The number of hydrogen-bond acceptors (Lipinski definition) is 5. The Labute approximate surface area is 184 Å². The molecule has 0 atom stereocenters. The molecule has 1 aliphatic heterocycles. The fourth-order valence-electron chi connectivity index (χ4n) is 3.64. The monoisotopic (exact) mass is 467 g/mol.